The number of aromatic carboxylic acids is 1. The van der Waals surface area contributed by atoms with Crippen molar-refractivity contribution in [2.24, 2.45) is 27.1 Å². The second-order valence-electron chi connectivity index (χ2n) is 34.9. The van der Waals surface area contributed by atoms with Gasteiger partial charge in [0.25, 0.3) is 11.1 Å². The molecule has 0 bridgehead atoms. The topological polar surface area (TPSA) is 484 Å². The molecule has 1 saturated carbocycles. The molecule has 0 saturated heterocycles. The summed E-state index contributed by atoms with van der Waals surface area (Å²) in [6.45, 7) is 14.1. The Labute approximate surface area is 875 Å². The Morgan fingerprint density at radius 2 is 1.13 bits per heavy atom. The van der Waals surface area contributed by atoms with Gasteiger partial charge < -0.3 is 54.3 Å². The smallest absolute Gasteiger partial charge is 0.433 e. The number of carboxylic acid groups (broad SMARTS) is 1. The molecule has 7 heterocycles. The highest BCUT2D eigenvalue weighted by Gasteiger charge is 2.46. The van der Waals surface area contributed by atoms with Gasteiger partial charge in [-0.2, -0.15) is 39.9 Å². The molecule has 6 N–H and O–H groups in total. The molecule has 51 heteroatoms. The molecule has 34 nitrogen and oxygen atoms in total. The Balaban J connectivity index is 0.000000185. The number of ketones is 5. The van der Waals surface area contributed by atoms with Crippen molar-refractivity contribution in [1.29, 1.82) is 0 Å². The maximum Gasteiger partial charge on any atom is 0.433 e. The number of rotatable bonds is 24. The van der Waals surface area contributed by atoms with Crippen LogP contribution in [0.5, 0.6) is 28.9 Å². The minimum atomic E-state index is -4.93. The molecule has 0 radical (unpaired) electrons. The molecular formula is C99H94Cl5F9N10O24S3. The number of hydrogen-bond acceptors (Lipinski definition) is 28. The number of aryl methyl sites for hydroxylation is 3. The molecule has 2 aliphatic heterocycles. The minimum Gasteiger partial charge on any atom is -0.492 e. The maximum atomic E-state index is 14.5. The van der Waals surface area contributed by atoms with Crippen LogP contribution < -0.4 is 46.7 Å². The molecule has 1 fully saturated rings. The maximum absolute atomic E-state index is 14.5. The highest BCUT2D eigenvalue weighted by Crippen LogP contribution is 2.47. The van der Waals surface area contributed by atoms with Crippen LogP contribution in [0.4, 0.5) is 50.9 Å². The number of benzene rings is 7. The Hall–Kier alpha value is -13.6. The van der Waals surface area contributed by atoms with Crippen molar-refractivity contribution in [3.8, 4) is 56.8 Å². The molecule has 3 aliphatic rings. The van der Waals surface area contributed by atoms with E-state index in [1.165, 1.54) is 143 Å². The summed E-state index contributed by atoms with van der Waals surface area (Å²) in [6, 6.07) is 23.9. The van der Waals surface area contributed by atoms with Crippen molar-refractivity contribution in [3.63, 3.8) is 0 Å². The average molecular weight is 2250 g/mol. The Morgan fingerprint density at radius 3 is 1.61 bits per heavy atom. The molecule has 150 heavy (non-hydrogen) atoms. The fraction of sp³-hybridized carbons (Fsp3) is 0.303. The van der Waals surface area contributed by atoms with Gasteiger partial charge in [-0.15, -0.1) is 0 Å². The van der Waals surface area contributed by atoms with Gasteiger partial charge >= 0.3 is 40.1 Å². The van der Waals surface area contributed by atoms with E-state index >= 15 is 0 Å². The number of anilines is 2. The second-order valence-corrected chi connectivity index (χ2v) is 42.5. The standard InChI is InChI=1S/C19H24N2O6S2.C18H12ClF4N3O3.C17H18F3NO5.C16H18N2O4S.C15H12Cl2FNO3.C14H10Cl2FNO3/c1-6-9-29(25,26)27-18-14(10-20-21(18)5)17(22)13-7-8-15-16(12(13)2)19(3,4)11-28(15,23)24;1-9-13(4-3-5-24-9)29-14-7-12(11(20)6-10(14)19)26-16(27)8-15(18(21,22)23)25(2)17(26)28;1-25-7-8-26-9-11-10(5-6-14(21-11)17(18,19)20)16(24)15-12(22)3-2-4-13(15)23;1-9-10(14(19)11-7-17-18(4)15(11)20)5-6-12-13(9)16(2,3)8-23(12,21)22;1-21-14-10(16)4-3-8(13(14)18)7-5-9(15(20)22-2)12(17)11(19)6-7;1-21-13-9(15)3-2-7(12(13)17)6-4-8(14(19)20)11(16)10(18)5-6/h7-8,10H,6,9,11H2,1-5H3;3-8H,1-2H3;5-6,15H,2-4,7-9H2,1H3;5-7,17H,8H2,1-4H3;3-6H,19H2,1-2H3;2-5H,18H2,1H3,(H,19,20). The normalized spacial score (nSPS) is 14.1. The predicted octanol–water partition coefficient (Wildman–Crippen LogP) is 18.0. The van der Waals surface area contributed by atoms with Gasteiger partial charge in [0.15, 0.2) is 71.7 Å². The number of fused-ring (bicyclic) bond motifs is 2. The van der Waals surface area contributed by atoms with Crippen LogP contribution in [0.3, 0.4) is 0 Å². The van der Waals surface area contributed by atoms with Crippen LogP contribution in [-0.4, -0.2) is 169 Å². The number of alkyl halides is 6. The van der Waals surface area contributed by atoms with Crippen LogP contribution in [0, 0.1) is 44.1 Å². The second kappa shape index (κ2) is 47.3. The third kappa shape index (κ3) is 26.0. The number of nitrogens with two attached hydrogens (primary N) is 2. The van der Waals surface area contributed by atoms with E-state index in [-0.39, 0.29) is 186 Å². The number of methoxy groups -OCH3 is 4. The Kier molecular flexibility index (Phi) is 37.3. The summed E-state index contributed by atoms with van der Waals surface area (Å²) in [5.41, 5.74) is 8.03. The number of aromatic nitrogens is 8. The molecular weight excluding hydrogens is 2160 g/mol. The van der Waals surface area contributed by atoms with Crippen LogP contribution in [0.15, 0.2) is 158 Å². The summed E-state index contributed by atoms with van der Waals surface area (Å²) in [5.74, 6) is -8.97. The van der Waals surface area contributed by atoms with Crippen molar-refractivity contribution in [2.75, 3.05) is 70.4 Å². The molecule has 0 spiro atoms. The summed E-state index contributed by atoms with van der Waals surface area (Å²) in [6.07, 6.45) is -4.54. The number of H-pyrrole nitrogens is 1. The number of sulfone groups is 2. The van der Waals surface area contributed by atoms with Crippen LogP contribution >= 0.6 is 58.0 Å². The van der Waals surface area contributed by atoms with E-state index in [2.05, 4.69) is 24.9 Å². The number of Topliss-reactive ketones (excluding diaryl/α,β-unsaturated/α-hetero) is 3. The third-order valence-electron chi connectivity index (χ3n) is 23.4. The summed E-state index contributed by atoms with van der Waals surface area (Å²) >= 11 is 29.5. The number of ether oxygens (including phenoxy) is 6. The van der Waals surface area contributed by atoms with Gasteiger partial charge in [0.1, 0.15) is 45.7 Å². The van der Waals surface area contributed by atoms with Gasteiger partial charge in [-0.3, -0.25) is 47.8 Å². The van der Waals surface area contributed by atoms with Crippen molar-refractivity contribution in [3.05, 3.63) is 292 Å². The zero-order valence-electron chi connectivity index (χ0n) is 82.0. The Bertz CT molecular complexity index is 7960. The van der Waals surface area contributed by atoms with E-state index in [1.54, 1.807) is 39.8 Å². The van der Waals surface area contributed by atoms with Crippen LogP contribution in [0.25, 0.3) is 27.9 Å². The summed E-state index contributed by atoms with van der Waals surface area (Å²) in [4.78, 5) is 130. The number of carbonyl (C=O) groups is 7. The van der Waals surface area contributed by atoms with E-state index in [0.29, 0.717) is 68.4 Å². The van der Waals surface area contributed by atoms with Crippen molar-refractivity contribution < 1.29 is 136 Å². The molecule has 0 atom stereocenters. The zero-order chi connectivity index (χ0) is 112. The lowest BCUT2D eigenvalue weighted by Crippen LogP contribution is -2.41. The number of nitrogen functional groups attached to an aromatic ring is 2. The first-order valence-electron chi connectivity index (χ1n) is 44.2. The van der Waals surface area contributed by atoms with Crippen molar-refractivity contribution in [1.82, 2.24) is 38.7 Å². The fourth-order valence-electron chi connectivity index (χ4n) is 16.5. The van der Waals surface area contributed by atoms with Crippen molar-refractivity contribution >= 4 is 140 Å². The first-order chi connectivity index (χ1) is 69.9. The molecule has 0 unspecified atom stereocenters. The summed E-state index contributed by atoms with van der Waals surface area (Å²) in [7, 11) is -1.52. The first-order valence-corrected chi connectivity index (χ1v) is 50.9. The monoisotopic (exact) mass is 2250 g/mol. The predicted molar refractivity (Wildman–Crippen MR) is 536 cm³/mol. The SMILES string of the molecule is CCCS(=O)(=O)Oc1c(C(=O)c2ccc3c(c2C)C(C)(C)CS3(=O)=O)cnn1C.COC(=O)c1cc(-c2ccc(Cl)c(OC)c2F)cc(N)c1Cl.COCCOCc1nc(C(F)(F)F)ccc1C(=O)C1C(=O)CCCC1=O.COc1c(Cl)ccc(-c2cc(N)c(Cl)c(C(=O)O)c2)c1F.Cc1c(C(=O)c2c[nH]n(C)c2=O)ccc2c1C(C)(C)CS2(=O)=O.Cc1ncccc1Oc1cc(-n2c(=O)cc(C(F)(F)F)n(C)c2=O)c(F)cc1Cl. The molecule has 5 aromatic heterocycles. The summed E-state index contributed by atoms with van der Waals surface area (Å²) in [5, 5.41) is 15.8. The van der Waals surface area contributed by atoms with E-state index in [9.17, 15) is 113 Å². The number of nitrogens with one attached hydrogen (secondary N) is 1. The number of esters is 1. The molecule has 0 amide bonds. The van der Waals surface area contributed by atoms with Crippen molar-refractivity contribution in [2.45, 2.75) is 121 Å². The first kappa shape index (κ1) is 118. The number of aromatic amines is 1. The third-order valence-corrected chi connectivity index (χ3v) is 30.7. The van der Waals surface area contributed by atoms with Crippen LogP contribution in [0.2, 0.25) is 25.1 Å². The lowest BCUT2D eigenvalue weighted by molar-refractivity contribution is -0.144. The number of halogens is 14. The average Bonchev–Trinajstić information content (AvgIpc) is 1.57. The van der Waals surface area contributed by atoms with E-state index in [1.807, 2.05) is 27.7 Å². The zero-order valence-corrected chi connectivity index (χ0v) is 88.2. The van der Waals surface area contributed by atoms with Gasteiger partial charge in [-0.1, -0.05) is 92.6 Å². The van der Waals surface area contributed by atoms with E-state index in [0.717, 1.165) is 25.2 Å². The fourth-order valence-corrected chi connectivity index (χ4v) is 23.0. The summed E-state index contributed by atoms with van der Waals surface area (Å²) < 4.78 is 233. The van der Waals surface area contributed by atoms with Crippen LogP contribution in [-0.2, 0) is 105 Å². The van der Waals surface area contributed by atoms with E-state index in [4.69, 9.17) is 102 Å². The molecule has 12 aromatic rings. The van der Waals surface area contributed by atoms with Gasteiger partial charge in [-0.25, -0.2) is 58.6 Å². The molecule has 800 valence electrons. The molecule has 15 rings (SSSR count). The number of pyridine rings is 2. The largest absolute Gasteiger partial charge is 0.492 e. The Morgan fingerprint density at radius 1 is 0.620 bits per heavy atom. The number of nitrogens with zero attached hydrogens (tertiary/aromatic N) is 7. The van der Waals surface area contributed by atoms with Crippen LogP contribution in [0.1, 0.15) is 168 Å². The van der Waals surface area contributed by atoms with E-state index < -0.39 is 151 Å². The van der Waals surface area contributed by atoms with Gasteiger partial charge in [0.05, 0.1) is 139 Å². The number of carboxylic acids is 1. The van der Waals surface area contributed by atoms with Gasteiger partial charge in [0, 0.05) is 104 Å². The number of hydrogen-bond donors (Lipinski definition) is 4. The van der Waals surface area contributed by atoms with Gasteiger partial charge in [0.2, 0.25) is 5.88 Å². The quantitative estimate of drug-likeness (QED) is 0.00830. The highest BCUT2D eigenvalue weighted by molar-refractivity contribution is 7.92. The van der Waals surface area contributed by atoms with Gasteiger partial charge in [-0.05, 0) is 170 Å². The molecule has 7 aromatic carbocycles. The highest BCUT2D eigenvalue weighted by atomic mass is 35.5. The minimum absolute atomic E-state index is 0.00823. The number of carbonyl (C=O) groups excluding carboxylic acids is 6. The lowest BCUT2D eigenvalue weighted by atomic mass is 9.81. The molecule has 1 aliphatic carbocycles. The lowest BCUT2D eigenvalue weighted by Gasteiger charge is -2.20.